The van der Waals surface area contributed by atoms with Gasteiger partial charge in [-0.2, -0.15) is 0 Å². The SMILES string of the molecule is [2H]Cc1ccc(C[C@H](NC(=O)OC(C)(C)C)C(=O)O)cc1. The average molecular weight is 280 g/mol. The highest BCUT2D eigenvalue weighted by Gasteiger charge is 2.24. The summed E-state index contributed by atoms with van der Waals surface area (Å²) in [6.45, 7) is 5.31. The van der Waals surface area contributed by atoms with Crippen LogP contribution in [0.1, 0.15) is 33.3 Å². The standard InChI is InChI=1S/C15H21NO4/c1-10-5-7-11(8-6-10)9-12(13(17)18)16-14(19)20-15(2,3)4/h5-8,12H,9H2,1-4H3,(H,16,19)(H,17,18)/t12-/m0/s1/i1D. The molecular weight excluding hydrogens is 258 g/mol. The maximum atomic E-state index is 11.6. The van der Waals surface area contributed by atoms with Crippen LogP contribution in [0.2, 0.25) is 0 Å². The van der Waals surface area contributed by atoms with Crippen LogP contribution >= 0.6 is 0 Å². The smallest absolute Gasteiger partial charge is 0.408 e. The van der Waals surface area contributed by atoms with E-state index in [4.69, 9.17) is 6.11 Å². The van der Waals surface area contributed by atoms with Crippen LogP contribution in [0, 0.1) is 6.90 Å². The number of carboxylic acid groups (broad SMARTS) is 1. The van der Waals surface area contributed by atoms with Gasteiger partial charge in [0.2, 0.25) is 0 Å². The fraction of sp³-hybridized carbons (Fsp3) is 0.467. The summed E-state index contributed by atoms with van der Waals surface area (Å²) in [5, 5.41) is 11.5. The summed E-state index contributed by atoms with van der Waals surface area (Å²) >= 11 is 0. The van der Waals surface area contributed by atoms with Gasteiger partial charge in [0, 0.05) is 7.79 Å². The fourth-order valence-corrected chi connectivity index (χ4v) is 1.56. The maximum absolute atomic E-state index is 11.6. The van der Waals surface area contributed by atoms with Crippen molar-refractivity contribution in [2.75, 3.05) is 0 Å². The van der Waals surface area contributed by atoms with Crippen LogP contribution in [0.3, 0.4) is 0 Å². The summed E-state index contributed by atoms with van der Waals surface area (Å²) in [5.74, 6) is -1.12. The molecule has 1 aromatic rings. The lowest BCUT2D eigenvalue weighted by Crippen LogP contribution is -2.44. The van der Waals surface area contributed by atoms with Gasteiger partial charge in [-0.25, -0.2) is 9.59 Å². The molecule has 0 spiro atoms. The van der Waals surface area contributed by atoms with Crippen molar-refractivity contribution in [1.29, 1.82) is 0 Å². The minimum absolute atomic E-state index is 0.160. The van der Waals surface area contributed by atoms with E-state index in [2.05, 4.69) is 5.32 Å². The number of hydrogen-bond donors (Lipinski definition) is 2. The van der Waals surface area contributed by atoms with Crippen molar-refractivity contribution in [2.45, 2.75) is 45.7 Å². The molecule has 0 aromatic heterocycles. The van der Waals surface area contributed by atoms with Gasteiger partial charge >= 0.3 is 12.1 Å². The first-order valence-electron chi connectivity index (χ1n) is 7.01. The minimum atomic E-state index is -1.12. The molecule has 0 aliphatic heterocycles. The summed E-state index contributed by atoms with van der Waals surface area (Å²) in [6, 6.07) is 6.01. The molecule has 5 heteroatoms. The number of hydrogen-bond acceptors (Lipinski definition) is 3. The van der Waals surface area contributed by atoms with E-state index in [0.29, 0.717) is 0 Å². The van der Waals surface area contributed by atoms with Crippen LogP contribution in [-0.4, -0.2) is 28.8 Å². The number of nitrogens with one attached hydrogen (secondary N) is 1. The van der Waals surface area contributed by atoms with Gasteiger partial charge in [-0.1, -0.05) is 29.8 Å². The molecule has 0 heterocycles. The van der Waals surface area contributed by atoms with Gasteiger partial charge in [0.25, 0.3) is 0 Å². The third kappa shape index (κ3) is 5.73. The van der Waals surface area contributed by atoms with Crippen LogP contribution in [0.5, 0.6) is 0 Å². The monoisotopic (exact) mass is 280 g/mol. The van der Waals surface area contributed by atoms with Crippen LogP contribution in [0.25, 0.3) is 0 Å². The molecule has 110 valence electrons. The summed E-state index contributed by atoms with van der Waals surface area (Å²) < 4.78 is 12.3. The van der Waals surface area contributed by atoms with Gasteiger partial charge in [0.05, 0.1) is 0 Å². The Bertz CT molecular complexity index is 493. The van der Waals surface area contributed by atoms with E-state index in [-0.39, 0.29) is 13.3 Å². The zero-order chi connectivity index (χ0) is 16.0. The molecule has 0 saturated carbocycles. The van der Waals surface area contributed by atoms with Gasteiger partial charge in [0.1, 0.15) is 11.6 Å². The van der Waals surface area contributed by atoms with Gasteiger partial charge < -0.3 is 15.2 Å². The average Bonchev–Trinajstić information content (AvgIpc) is 2.36. The number of aliphatic carboxylic acids is 1. The largest absolute Gasteiger partial charge is 0.480 e. The number of benzene rings is 1. The predicted octanol–water partition coefficient (Wildman–Crippen LogP) is 2.52. The number of alkyl carbamates (subject to hydrolysis) is 1. The Morgan fingerprint density at radius 2 is 1.95 bits per heavy atom. The van der Waals surface area contributed by atoms with Gasteiger partial charge in [0.15, 0.2) is 0 Å². The Morgan fingerprint density at radius 3 is 2.40 bits per heavy atom. The molecule has 0 saturated heterocycles. The molecule has 1 amide bonds. The zero-order valence-corrected chi connectivity index (χ0v) is 12.0. The predicted molar refractivity (Wildman–Crippen MR) is 75.7 cm³/mol. The van der Waals surface area contributed by atoms with Crippen LogP contribution in [-0.2, 0) is 16.0 Å². The van der Waals surface area contributed by atoms with E-state index in [1.807, 2.05) is 0 Å². The van der Waals surface area contributed by atoms with Gasteiger partial charge in [-0.3, -0.25) is 0 Å². The zero-order valence-electron chi connectivity index (χ0n) is 13.0. The van der Waals surface area contributed by atoms with Crippen molar-refractivity contribution in [1.82, 2.24) is 5.32 Å². The van der Waals surface area contributed by atoms with Crippen LogP contribution < -0.4 is 5.32 Å². The highest BCUT2D eigenvalue weighted by Crippen LogP contribution is 2.09. The number of carbonyl (C=O) groups excluding carboxylic acids is 1. The molecule has 0 bridgehead atoms. The van der Waals surface area contributed by atoms with Crippen molar-refractivity contribution in [3.05, 3.63) is 35.4 Å². The highest BCUT2D eigenvalue weighted by molar-refractivity contribution is 5.80. The number of carbonyl (C=O) groups is 2. The Morgan fingerprint density at radius 1 is 1.35 bits per heavy atom. The van der Waals surface area contributed by atoms with E-state index in [1.165, 1.54) is 0 Å². The molecule has 1 rings (SSSR count). The van der Waals surface area contributed by atoms with E-state index in [9.17, 15) is 14.7 Å². The molecule has 20 heavy (non-hydrogen) atoms. The number of carboxylic acids is 1. The quantitative estimate of drug-likeness (QED) is 0.888. The topological polar surface area (TPSA) is 75.6 Å². The number of amides is 1. The fourth-order valence-electron chi connectivity index (χ4n) is 1.56. The summed E-state index contributed by atoms with van der Waals surface area (Å²) in [5.41, 5.74) is 0.949. The van der Waals surface area contributed by atoms with Gasteiger partial charge in [-0.15, -0.1) is 0 Å². The van der Waals surface area contributed by atoms with E-state index < -0.39 is 23.7 Å². The van der Waals surface area contributed by atoms with Crippen molar-refractivity contribution >= 4 is 12.1 Å². The first kappa shape index (κ1) is 14.4. The lowest BCUT2D eigenvalue weighted by Gasteiger charge is -2.22. The number of aryl methyl sites for hydroxylation is 1. The molecule has 1 atom stereocenters. The maximum Gasteiger partial charge on any atom is 0.408 e. The summed E-state index contributed by atoms with van der Waals surface area (Å²) in [7, 11) is 0. The molecule has 2 N–H and O–H groups in total. The van der Waals surface area contributed by atoms with Crippen LogP contribution in [0.4, 0.5) is 4.79 Å². The number of ether oxygens (including phenoxy) is 1. The van der Waals surface area contributed by atoms with E-state index >= 15 is 0 Å². The van der Waals surface area contributed by atoms with Crippen LogP contribution in [0.15, 0.2) is 24.3 Å². The third-order valence-corrected chi connectivity index (χ3v) is 2.45. The lowest BCUT2D eigenvalue weighted by atomic mass is 10.0. The first-order chi connectivity index (χ1) is 9.71. The van der Waals surface area contributed by atoms with Gasteiger partial charge in [-0.05, 0) is 33.2 Å². The molecule has 0 fully saturated rings. The molecule has 0 unspecified atom stereocenters. The third-order valence-electron chi connectivity index (χ3n) is 2.45. The highest BCUT2D eigenvalue weighted by atomic mass is 16.6. The lowest BCUT2D eigenvalue weighted by molar-refractivity contribution is -0.139. The molecule has 0 aliphatic carbocycles. The normalized spacial score (nSPS) is 13.2. The summed E-state index contributed by atoms with van der Waals surface area (Å²) in [6.07, 6.45) is -0.593. The second-order valence-corrected chi connectivity index (χ2v) is 5.56. The minimum Gasteiger partial charge on any atom is -0.480 e. The molecule has 1 aromatic carbocycles. The Kier molecular flexibility index (Phi) is 4.61. The molecule has 5 nitrogen and oxygen atoms in total. The molecule has 0 radical (unpaired) electrons. The molecular formula is C15H21NO4. The van der Waals surface area contributed by atoms with Crippen molar-refractivity contribution in [2.24, 2.45) is 0 Å². The van der Waals surface area contributed by atoms with E-state index in [1.54, 1.807) is 45.0 Å². The Labute approximate surface area is 120 Å². The Hall–Kier alpha value is -2.04. The second-order valence-electron chi connectivity index (χ2n) is 5.56. The Balaban J connectivity index is 2.69. The summed E-state index contributed by atoms with van der Waals surface area (Å²) in [4.78, 5) is 22.9. The second kappa shape index (κ2) is 6.41. The van der Waals surface area contributed by atoms with E-state index in [0.717, 1.165) is 11.1 Å². The number of rotatable bonds is 4. The first-order valence-corrected chi connectivity index (χ1v) is 6.30. The van der Waals surface area contributed by atoms with Crippen molar-refractivity contribution in [3.8, 4) is 0 Å². The van der Waals surface area contributed by atoms with Crippen molar-refractivity contribution in [3.63, 3.8) is 0 Å². The van der Waals surface area contributed by atoms with Crippen molar-refractivity contribution < 1.29 is 20.8 Å². The molecule has 0 aliphatic rings.